The largest absolute Gasteiger partial charge is 0.872 e. The highest BCUT2D eigenvalue weighted by molar-refractivity contribution is 6.46. The number of likely N-dealkylation sites (tertiary alicyclic amines) is 1. The Morgan fingerprint density at radius 3 is 2.42 bits per heavy atom. The zero-order valence-corrected chi connectivity index (χ0v) is 19.9. The third-order valence-corrected chi connectivity index (χ3v) is 5.60. The van der Waals surface area contributed by atoms with E-state index in [1.807, 2.05) is 14.1 Å². The molecule has 176 valence electrons. The van der Waals surface area contributed by atoms with Crippen molar-refractivity contribution in [3.8, 4) is 5.75 Å². The van der Waals surface area contributed by atoms with Gasteiger partial charge in [0.2, 0.25) is 5.78 Å². The fourth-order valence-corrected chi connectivity index (χ4v) is 3.97. The number of carbonyl (C=O) groups excluding carboxylic acids is 2. The number of ether oxygens (including phenoxy) is 1. The van der Waals surface area contributed by atoms with Gasteiger partial charge in [0.05, 0.1) is 32.8 Å². The van der Waals surface area contributed by atoms with Crippen molar-refractivity contribution in [1.82, 2.24) is 4.90 Å². The van der Waals surface area contributed by atoms with Crippen molar-refractivity contribution in [2.75, 3.05) is 27.2 Å². The lowest BCUT2D eigenvalue weighted by Crippen LogP contribution is -3.05. The molecule has 0 radical (unpaired) electrons. The molecule has 1 aliphatic heterocycles. The number of amides is 1. The fraction of sp³-hybridized carbons (Fsp3) is 0.360. The number of hydrogen-bond acceptors (Lipinski definition) is 4. The molecule has 3 rings (SSSR count). The lowest BCUT2D eigenvalue weighted by molar-refractivity contribution is -0.858. The highest BCUT2D eigenvalue weighted by atomic mass is 35.5. The molecule has 2 aromatic rings. The van der Waals surface area contributed by atoms with Gasteiger partial charge in [-0.05, 0) is 49.2 Å². The Kier molecular flexibility index (Phi) is 7.76. The number of quaternary nitrogens is 1. The van der Waals surface area contributed by atoms with Crippen LogP contribution >= 0.6 is 11.6 Å². The molecule has 8 heteroatoms. The van der Waals surface area contributed by atoms with Gasteiger partial charge in [-0.1, -0.05) is 35.6 Å². The number of halogens is 2. The molecule has 1 unspecified atom stereocenters. The molecule has 1 heterocycles. The van der Waals surface area contributed by atoms with Gasteiger partial charge in [0.1, 0.15) is 0 Å². The average Bonchev–Trinajstić information content (AvgIpc) is 2.99. The topological polar surface area (TPSA) is 74.1 Å². The standard InChI is InChI=1S/C25H28ClFN2O4/c1-15(2)33-20-11-8-17(14-19(20)27)23(30)21-22(16-6-9-18(26)10-7-16)29(25(32)24(21)31)13-5-12-28(3)4/h6-11,14-15,22,30H,5,12-13H2,1-4H3. The van der Waals surface area contributed by atoms with Gasteiger partial charge in [0, 0.05) is 23.6 Å². The van der Waals surface area contributed by atoms with Crippen molar-refractivity contribution in [1.29, 1.82) is 0 Å². The van der Waals surface area contributed by atoms with Crippen LogP contribution in [0.3, 0.4) is 0 Å². The molecule has 0 spiro atoms. The summed E-state index contributed by atoms with van der Waals surface area (Å²) in [6.07, 6.45) is 0.416. The number of hydrogen-bond donors (Lipinski definition) is 1. The summed E-state index contributed by atoms with van der Waals surface area (Å²) in [7, 11) is 3.99. The third kappa shape index (κ3) is 5.54. The molecule has 0 aliphatic carbocycles. The Bertz CT molecular complexity index is 1070. The van der Waals surface area contributed by atoms with Crippen LogP contribution in [-0.4, -0.2) is 49.9 Å². The van der Waals surface area contributed by atoms with Gasteiger partial charge in [0.15, 0.2) is 11.6 Å². The molecular formula is C25H28ClFN2O4. The van der Waals surface area contributed by atoms with E-state index in [0.717, 1.165) is 12.6 Å². The predicted octanol–water partition coefficient (Wildman–Crippen LogP) is 2.02. The van der Waals surface area contributed by atoms with Gasteiger partial charge in [-0.2, -0.15) is 0 Å². The molecule has 1 atom stereocenters. The van der Waals surface area contributed by atoms with E-state index >= 15 is 0 Å². The normalized spacial score (nSPS) is 17.9. The van der Waals surface area contributed by atoms with E-state index in [1.54, 1.807) is 38.1 Å². The summed E-state index contributed by atoms with van der Waals surface area (Å²) in [6, 6.07) is 9.62. The monoisotopic (exact) mass is 474 g/mol. The number of nitrogens with zero attached hydrogens (tertiary/aromatic N) is 1. The van der Waals surface area contributed by atoms with Crippen LogP contribution in [0.1, 0.15) is 37.4 Å². The Balaban J connectivity index is 2.07. The minimum absolute atomic E-state index is 0.0155. The number of benzene rings is 2. The van der Waals surface area contributed by atoms with Crippen molar-refractivity contribution in [2.45, 2.75) is 32.4 Å². The number of ketones is 1. The van der Waals surface area contributed by atoms with E-state index in [4.69, 9.17) is 16.3 Å². The Morgan fingerprint density at radius 1 is 1.18 bits per heavy atom. The minimum Gasteiger partial charge on any atom is -0.872 e. The summed E-state index contributed by atoms with van der Waals surface area (Å²) in [5, 5.41) is 13.9. The van der Waals surface area contributed by atoms with Crippen LogP contribution in [-0.2, 0) is 9.59 Å². The molecule has 1 fully saturated rings. The second-order valence-corrected chi connectivity index (χ2v) is 9.08. The highest BCUT2D eigenvalue weighted by Gasteiger charge is 2.44. The Hall–Kier alpha value is -2.90. The number of carbonyl (C=O) groups is 2. The van der Waals surface area contributed by atoms with Gasteiger partial charge in [-0.25, -0.2) is 4.39 Å². The van der Waals surface area contributed by atoms with E-state index in [9.17, 15) is 19.1 Å². The minimum atomic E-state index is -0.861. The van der Waals surface area contributed by atoms with Crippen molar-refractivity contribution < 1.29 is 28.7 Å². The first-order valence-electron chi connectivity index (χ1n) is 10.9. The van der Waals surface area contributed by atoms with E-state index in [0.29, 0.717) is 23.6 Å². The van der Waals surface area contributed by atoms with Crippen LogP contribution in [0.4, 0.5) is 4.39 Å². The van der Waals surface area contributed by atoms with E-state index in [2.05, 4.69) is 0 Å². The summed E-state index contributed by atoms with van der Waals surface area (Å²) in [5.41, 5.74) is 0.397. The zero-order valence-electron chi connectivity index (χ0n) is 19.2. The summed E-state index contributed by atoms with van der Waals surface area (Å²) in [5.74, 6) is -2.96. The second-order valence-electron chi connectivity index (χ2n) is 8.65. The maximum absolute atomic E-state index is 14.5. The van der Waals surface area contributed by atoms with E-state index < -0.39 is 29.3 Å². The van der Waals surface area contributed by atoms with Gasteiger partial charge < -0.3 is 19.6 Å². The molecule has 33 heavy (non-hydrogen) atoms. The highest BCUT2D eigenvalue weighted by Crippen LogP contribution is 2.39. The fourth-order valence-electron chi connectivity index (χ4n) is 3.84. The van der Waals surface area contributed by atoms with E-state index in [1.165, 1.54) is 21.9 Å². The smallest absolute Gasteiger partial charge is 0.295 e. The van der Waals surface area contributed by atoms with Crippen molar-refractivity contribution >= 4 is 29.1 Å². The molecule has 1 aliphatic rings. The summed E-state index contributed by atoms with van der Waals surface area (Å²) in [4.78, 5) is 28.5. The van der Waals surface area contributed by atoms with Crippen molar-refractivity contribution in [3.05, 3.63) is 70.0 Å². The van der Waals surface area contributed by atoms with Crippen LogP contribution in [0.25, 0.3) is 5.76 Å². The van der Waals surface area contributed by atoms with Crippen LogP contribution in [0.5, 0.6) is 5.75 Å². The summed E-state index contributed by atoms with van der Waals surface area (Å²) >= 11 is 6.02. The molecule has 0 bridgehead atoms. The molecule has 0 saturated carbocycles. The van der Waals surface area contributed by atoms with Crippen LogP contribution in [0.15, 0.2) is 48.0 Å². The van der Waals surface area contributed by atoms with Crippen LogP contribution < -0.4 is 14.7 Å². The lowest BCUT2D eigenvalue weighted by atomic mass is 9.95. The zero-order chi connectivity index (χ0) is 24.3. The molecule has 0 aromatic heterocycles. The first-order chi connectivity index (χ1) is 15.6. The predicted molar refractivity (Wildman–Crippen MR) is 122 cm³/mol. The molecule has 6 nitrogen and oxygen atoms in total. The third-order valence-electron chi connectivity index (χ3n) is 5.35. The lowest BCUT2D eigenvalue weighted by Gasteiger charge is -2.27. The van der Waals surface area contributed by atoms with Crippen LogP contribution in [0, 0.1) is 5.82 Å². The molecule has 1 N–H and O–H groups in total. The SMILES string of the molecule is CC(C)Oc1ccc(C([O-])=C2C(=O)C(=O)N(CCC[NH+](C)C)C2c2ccc(Cl)cc2)cc1F. The Labute approximate surface area is 198 Å². The number of Topliss-reactive ketones (excluding diaryl/α,β-unsaturated/α-hetero) is 1. The Morgan fingerprint density at radius 2 is 1.85 bits per heavy atom. The maximum Gasteiger partial charge on any atom is 0.295 e. The maximum atomic E-state index is 14.5. The van der Waals surface area contributed by atoms with Gasteiger partial charge in [-0.15, -0.1) is 0 Å². The summed E-state index contributed by atoms with van der Waals surface area (Å²) in [6.45, 7) is 4.63. The van der Waals surface area contributed by atoms with Crippen molar-refractivity contribution in [3.63, 3.8) is 0 Å². The van der Waals surface area contributed by atoms with Gasteiger partial charge in [0.25, 0.3) is 5.91 Å². The van der Waals surface area contributed by atoms with Crippen LogP contribution in [0.2, 0.25) is 5.02 Å². The quantitative estimate of drug-likeness (QED) is 0.361. The molecule has 2 aromatic carbocycles. The first-order valence-corrected chi connectivity index (χ1v) is 11.3. The first kappa shape index (κ1) is 24.7. The number of nitrogens with one attached hydrogen (secondary N) is 1. The van der Waals surface area contributed by atoms with Crippen molar-refractivity contribution in [2.24, 2.45) is 0 Å². The molecular weight excluding hydrogens is 447 g/mol. The van der Waals surface area contributed by atoms with E-state index in [-0.39, 0.29) is 23.0 Å². The van der Waals surface area contributed by atoms with Gasteiger partial charge in [-0.3, -0.25) is 9.59 Å². The summed E-state index contributed by atoms with van der Waals surface area (Å²) < 4.78 is 19.9. The average molecular weight is 475 g/mol. The number of rotatable bonds is 8. The van der Waals surface area contributed by atoms with Gasteiger partial charge >= 0.3 is 0 Å². The molecule has 1 amide bonds. The second kappa shape index (κ2) is 10.4. The molecule has 1 saturated heterocycles.